The van der Waals surface area contributed by atoms with Gasteiger partial charge in [0.15, 0.2) is 0 Å². The predicted molar refractivity (Wildman–Crippen MR) is 95.5 cm³/mol. The Hall–Kier alpha value is -1.12. The molecule has 1 amide bonds. The molecule has 1 aromatic heterocycles. The molecule has 1 aliphatic rings. The van der Waals surface area contributed by atoms with Crippen molar-refractivity contribution in [3.8, 4) is 0 Å². The van der Waals surface area contributed by atoms with Crippen molar-refractivity contribution in [2.45, 2.75) is 55.5 Å². The van der Waals surface area contributed by atoms with E-state index in [1.807, 2.05) is 6.92 Å². The third-order valence-corrected chi connectivity index (χ3v) is 6.72. The molecule has 134 valence electrons. The van der Waals surface area contributed by atoms with E-state index in [2.05, 4.69) is 17.2 Å². The van der Waals surface area contributed by atoms with Crippen LogP contribution < -0.4 is 5.32 Å². The molecule has 1 saturated heterocycles. The van der Waals surface area contributed by atoms with Crippen LogP contribution in [0.2, 0.25) is 0 Å². The van der Waals surface area contributed by atoms with E-state index < -0.39 is 10.0 Å². The Kier molecular flexibility index (Phi) is 7.06. The van der Waals surface area contributed by atoms with Crippen molar-refractivity contribution in [2.75, 3.05) is 18.8 Å². The first-order chi connectivity index (χ1) is 11.4. The van der Waals surface area contributed by atoms with Crippen molar-refractivity contribution in [2.24, 2.45) is 0 Å². The van der Waals surface area contributed by atoms with E-state index in [1.54, 1.807) is 12.1 Å². The predicted octanol–water partition coefficient (Wildman–Crippen LogP) is 2.26. The minimum Gasteiger partial charge on any atom is -0.353 e. The van der Waals surface area contributed by atoms with Gasteiger partial charge < -0.3 is 5.32 Å². The van der Waals surface area contributed by atoms with Crippen LogP contribution in [-0.4, -0.2) is 48.5 Å². The Morgan fingerprint density at radius 1 is 1.38 bits per heavy atom. The summed E-state index contributed by atoms with van der Waals surface area (Å²) in [5.74, 6) is 0.246. The fourth-order valence-electron chi connectivity index (χ4n) is 2.64. The summed E-state index contributed by atoms with van der Waals surface area (Å²) in [6.45, 7) is 5.23. The smallest absolute Gasteiger partial charge is 0.244 e. The number of nitrogens with zero attached hydrogens (tertiary/aromatic N) is 2. The van der Waals surface area contributed by atoms with Crippen LogP contribution >= 0.6 is 11.8 Å². The molecule has 0 bridgehead atoms. The number of thioether (sulfide) groups is 1. The average Bonchev–Trinajstić information content (AvgIpc) is 3.09. The van der Waals surface area contributed by atoms with E-state index in [9.17, 15) is 13.2 Å². The summed E-state index contributed by atoms with van der Waals surface area (Å²) in [7, 11) is -3.43. The average molecular weight is 372 g/mol. The second kappa shape index (κ2) is 8.82. The van der Waals surface area contributed by atoms with Crippen molar-refractivity contribution < 1.29 is 13.2 Å². The lowest BCUT2D eigenvalue weighted by molar-refractivity contribution is -0.119. The van der Waals surface area contributed by atoms with Crippen LogP contribution in [0.25, 0.3) is 0 Å². The first-order valence-corrected chi connectivity index (χ1v) is 10.7. The van der Waals surface area contributed by atoms with Crippen LogP contribution in [0.3, 0.4) is 0 Å². The molecule has 0 aromatic carbocycles. The Morgan fingerprint density at radius 2 is 2.08 bits per heavy atom. The lowest BCUT2D eigenvalue weighted by atomic mass is 10.2. The van der Waals surface area contributed by atoms with E-state index in [-0.39, 0.29) is 22.6 Å². The molecule has 1 N–H and O–H groups in total. The van der Waals surface area contributed by atoms with Gasteiger partial charge in [-0.1, -0.05) is 25.1 Å². The maximum absolute atomic E-state index is 12.4. The zero-order valence-electron chi connectivity index (χ0n) is 14.2. The highest BCUT2D eigenvalue weighted by atomic mass is 32.2. The lowest BCUT2D eigenvalue weighted by Crippen LogP contribution is -2.33. The first kappa shape index (κ1) is 19.2. The molecule has 0 aliphatic carbocycles. The molecule has 2 heterocycles. The number of hydrogen-bond donors (Lipinski definition) is 1. The van der Waals surface area contributed by atoms with Crippen LogP contribution in [0.1, 0.15) is 39.5 Å². The maximum atomic E-state index is 12.4. The molecule has 0 saturated carbocycles. The molecule has 1 aliphatic heterocycles. The molecule has 6 nitrogen and oxygen atoms in total. The van der Waals surface area contributed by atoms with Gasteiger partial charge in [0.25, 0.3) is 0 Å². The Bertz CT molecular complexity index is 641. The lowest BCUT2D eigenvalue weighted by Gasteiger charge is -2.15. The summed E-state index contributed by atoms with van der Waals surface area (Å²) < 4.78 is 26.3. The third kappa shape index (κ3) is 5.19. The number of nitrogens with one attached hydrogen (secondary N) is 1. The van der Waals surface area contributed by atoms with E-state index in [1.165, 1.54) is 22.3 Å². The molecule has 1 unspecified atom stereocenters. The molecular formula is C16H25N3O3S2. The van der Waals surface area contributed by atoms with Crippen LogP contribution in [0, 0.1) is 0 Å². The van der Waals surface area contributed by atoms with Gasteiger partial charge >= 0.3 is 0 Å². The molecule has 1 fully saturated rings. The molecule has 2 rings (SSSR count). The van der Waals surface area contributed by atoms with Crippen molar-refractivity contribution in [3.05, 3.63) is 18.3 Å². The van der Waals surface area contributed by atoms with Crippen LogP contribution in [0.15, 0.2) is 28.3 Å². The second-order valence-electron chi connectivity index (χ2n) is 5.99. The molecule has 1 atom stereocenters. The van der Waals surface area contributed by atoms with Gasteiger partial charge in [0.2, 0.25) is 15.9 Å². The van der Waals surface area contributed by atoms with Crippen molar-refractivity contribution >= 4 is 27.7 Å². The quantitative estimate of drug-likeness (QED) is 0.709. The third-order valence-electron chi connectivity index (χ3n) is 3.89. The summed E-state index contributed by atoms with van der Waals surface area (Å²) in [6.07, 6.45) is 5.19. The fourth-order valence-corrected chi connectivity index (χ4v) is 4.76. The first-order valence-electron chi connectivity index (χ1n) is 8.32. The number of amides is 1. The van der Waals surface area contributed by atoms with E-state index in [0.717, 1.165) is 25.7 Å². The Morgan fingerprint density at radius 3 is 2.67 bits per heavy atom. The summed E-state index contributed by atoms with van der Waals surface area (Å²) >= 11 is 1.31. The minimum absolute atomic E-state index is 0.0310. The number of carbonyl (C=O) groups is 1. The Labute approximate surface area is 148 Å². The number of hydrogen-bond acceptors (Lipinski definition) is 5. The number of aromatic nitrogens is 1. The van der Waals surface area contributed by atoms with Crippen molar-refractivity contribution in [1.82, 2.24) is 14.6 Å². The van der Waals surface area contributed by atoms with Crippen molar-refractivity contribution in [1.29, 1.82) is 0 Å². The Balaban J connectivity index is 1.89. The zero-order chi connectivity index (χ0) is 17.6. The summed E-state index contributed by atoms with van der Waals surface area (Å²) in [6, 6.07) is 3.40. The fraction of sp³-hybridized carbons (Fsp3) is 0.625. The van der Waals surface area contributed by atoms with Crippen LogP contribution in [0.4, 0.5) is 0 Å². The number of carbonyl (C=O) groups excluding carboxylic acids is 1. The minimum atomic E-state index is -3.43. The highest BCUT2D eigenvalue weighted by Gasteiger charge is 2.27. The molecular weight excluding hydrogens is 346 g/mol. The van der Waals surface area contributed by atoms with Gasteiger partial charge in [0.05, 0.1) is 10.8 Å². The second-order valence-corrected chi connectivity index (χ2v) is 8.92. The van der Waals surface area contributed by atoms with Gasteiger partial charge in [-0.15, -0.1) is 0 Å². The SMILES string of the molecule is CCCC(C)NC(=O)CSc1ccc(S(=O)(=O)N2CCCC2)cn1. The van der Waals surface area contributed by atoms with E-state index >= 15 is 0 Å². The highest BCUT2D eigenvalue weighted by Crippen LogP contribution is 2.22. The summed E-state index contributed by atoms with van der Waals surface area (Å²) in [4.78, 5) is 16.2. The highest BCUT2D eigenvalue weighted by molar-refractivity contribution is 7.99. The van der Waals surface area contributed by atoms with Crippen molar-refractivity contribution in [3.63, 3.8) is 0 Å². The van der Waals surface area contributed by atoms with Crippen LogP contribution in [0.5, 0.6) is 0 Å². The van der Waals surface area contributed by atoms with Gasteiger partial charge in [-0.3, -0.25) is 4.79 Å². The van der Waals surface area contributed by atoms with Gasteiger partial charge in [0.1, 0.15) is 4.90 Å². The standard InChI is InChI=1S/C16H25N3O3S2/c1-3-6-13(2)18-15(20)12-23-16-8-7-14(11-17-16)24(21,22)19-9-4-5-10-19/h7-8,11,13H,3-6,9-10,12H2,1-2H3,(H,18,20). The molecule has 24 heavy (non-hydrogen) atoms. The molecule has 0 spiro atoms. The summed E-state index contributed by atoms with van der Waals surface area (Å²) in [5.41, 5.74) is 0. The zero-order valence-corrected chi connectivity index (χ0v) is 15.8. The van der Waals surface area contributed by atoms with Crippen LogP contribution in [-0.2, 0) is 14.8 Å². The monoisotopic (exact) mass is 371 g/mol. The van der Waals surface area contributed by atoms with Gasteiger partial charge in [-0.25, -0.2) is 13.4 Å². The largest absolute Gasteiger partial charge is 0.353 e. The van der Waals surface area contributed by atoms with Gasteiger partial charge in [-0.05, 0) is 38.3 Å². The van der Waals surface area contributed by atoms with E-state index in [0.29, 0.717) is 18.1 Å². The number of sulfonamides is 1. The number of pyridine rings is 1. The van der Waals surface area contributed by atoms with Gasteiger partial charge in [0, 0.05) is 25.3 Å². The van der Waals surface area contributed by atoms with Gasteiger partial charge in [-0.2, -0.15) is 4.31 Å². The number of rotatable bonds is 8. The normalized spacial score (nSPS) is 16.9. The maximum Gasteiger partial charge on any atom is 0.244 e. The topological polar surface area (TPSA) is 79.4 Å². The molecule has 1 aromatic rings. The molecule has 0 radical (unpaired) electrons. The summed E-state index contributed by atoms with van der Waals surface area (Å²) in [5, 5.41) is 3.58. The van der Waals surface area contributed by atoms with E-state index in [4.69, 9.17) is 0 Å². The molecule has 8 heteroatoms.